The molecule has 3 rings (SSSR count). The van der Waals surface area contributed by atoms with Crippen molar-refractivity contribution in [2.75, 3.05) is 38.2 Å². The number of hydrogen-bond donors (Lipinski definition) is 1. The molecule has 0 unspecified atom stereocenters. The molecule has 0 heterocycles. The third-order valence-corrected chi connectivity index (χ3v) is 7.39. The predicted octanol–water partition coefficient (Wildman–Crippen LogP) is 4.31. The lowest BCUT2D eigenvalue weighted by molar-refractivity contribution is -0.119. The molecule has 0 aromatic heterocycles. The van der Waals surface area contributed by atoms with E-state index in [2.05, 4.69) is 12.2 Å². The number of sulfonamides is 1. The lowest BCUT2D eigenvalue weighted by Crippen LogP contribution is -2.41. The van der Waals surface area contributed by atoms with E-state index in [4.69, 9.17) is 25.8 Å². The van der Waals surface area contributed by atoms with Crippen molar-refractivity contribution in [1.29, 1.82) is 0 Å². The minimum absolute atomic E-state index is 0.0539. The predicted molar refractivity (Wildman–Crippen MR) is 140 cm³/mol. The zero-order valence-electron chi connectivity index (χ0n) is 20.4. The standard InChI is InChI=1S/C26H29ClN2O6S/c1-4-19-5-11-22(12-6-19)35-16-15-28-26(30)18-29(21-9-7-20(27)8-10-21)36(31,32)23-13-14-24(33-2)25(17-23)34-3/h5-14,17H,4,15-16,18H2,1-3H3,(H,28,30). The first-order valence-electron chi connectivity index (χ1n) is 11.3. The Morgan fingerprint density at radius 2 is 1.61 bits per heavy atom. The second kappa shape index (κ2) is 12.5. The summed E-state index contributed by atoms with van der Waals surface area (Å²) in [7, 11) is -1.26. The summed E-state index contributed by atoms with van der Waals surface area (Å²) >= 11 is 5.99. The molecule has 0 atom stereocenters. The Hall–Kier alpha value is -3.43. The number of nitrogens with zero attached hydrogens (tertiary/aromatic N) is 1. The van der Waals surface area contributed by atoms with Gasteiger partial charge in [0.2, 0.25) is 5.91 Å². The maximum Gasteiger partial charge on any atom is 0.264 e. The van der Waals surface area contributed by atoms with Crippen LogP contribution in [-0.2, 0) is 21.2 Å². The smallest absolute Gasteiger partial charge is 0.264 e. The van der Waals surface area contributed by atoms with Crippen LogP contribution in [0.5, 0.6) is 17.2 Å². The number of rotatable bonds is 12. The number of hydrogen-bond acceptors (Lipinski definition) is 6. The lowest BCUT2D eigenvalue weighted by atomic mass is 10.2. The number of ether oxygens (including phenoxy) is 3. The van der Waals surface area contributed by atoms with Crippen LogP contribution < -0.4 is 23.8 Å². The molecule has 0 aliphatic rings. The van der Waals surface area contributed by atoms with Crippen LogP contribution in [0.25, 0.3) is 0 Å². The number of benzene rings is 3. The Labute approximate surface area is 216 Å². The van der Waals surface area contributed by atoms with E-state index in [1.807, 2.05) is 24.3 Å². The minimum Gasteiger partial charge on any atom is -0.493 e. The summed E-state index contributed by atoms with van der Waals surface area (Å²) in [6.45, 7) is 2.08. The Bertz CT molecular complexity index is 1260. The third kappa shape index (κ3) is 6.83. The molecule has 3 aromatic rings. The molecule has 0 bridgehead atoms. The first kappa shape index (κ1) is 27.2. The van der Waals surface area contributed by atoms with Gasteiger partial charge in [-0.3, -0.25) is 9.10 Å². The Morgan fingerprint density at radius 1 is 0.944 bits per heavy atom. The highest BCUT2D eigenvalue weighted by atomic mass is 35.5. The lowest BCUT2D eigenvalue weighted by Gasteiger charge is -2.24. The average molecular weight is 533 g/mol. The van der Waals surface area contributed by atoms with Crippen molar-refractivity contribution in [2.45, 2.75) is 18.2 Å². The highest BCUT2D eigenvalue weighted by molar-refractivity contribution is 7.92. The Morgan fingerprint density at radius 3 is 2.22 bits per heavy atom. The van der Waals surface area contributed by atoms with Crippen molar-refractivity contribution in [3.05, 3.63) is 77.3 Å². The molecule has 0 radical (unpaired) electrons. The second-order valence-electron chi connectivity index (χ2n) is 7.70. The highest BCUT2D eigenvalue weighted by Crippen LogP contribution is 2.32. The Kier molecular flexibility index (Phi) is 9.44. The van der Waals surface area contributed by atoms with E-state index in [1.165, 1.54) is 50.1 Å². The topological polar surface area (TPSA) is 94.2 Å². The Balaban J connectivity index is 1.74. The number of nitrogens with one attached hydrogen (secondary N) is 1. The molecular formula is C26H29ClN2O6S. The largest absolute Gasteiger partial charge is 0.493 e. The number of anilines is 1. The molecule has 3 aromatic carbocycles. The summed E-state index contributed by atoms with van der Waals surface area (Å²) in [6, 6.07) is 18.2. The molecule has 0 aliphatic carbocycles. The van der Waals surface area contributed by atoms with E-state index in [0.717, 1.165) is 10.7 Å². The molecule has 8 nitrogen and oxygen atoms in total. The number of amides is 1. The zero-order valence-corrected chi connectivity index (χ0v) is 21.9. The second-order valence-corrected chi connectivity index (χ2v) is 10.00. The average Bonchev–Trinajstić information content (AvgIpc) is 2.90. The van der Waals surface area contributed by atoms with Crippen LogP contribution in [0, 0.1) is 0 Å². The van der Waals surface area contributed by atoms with Gasteiger partial charge in [0.25, 0.3) is 10.0 Å². The maximum absolute atomic E-state index is 13.6. The summed E-state index contributed by atoms with van der Waals surface area (Å²) in [5.41, 5.74) is 1.49. The van der Waals surface area contributed by atoms with Crippen LogP contribution in [0.3, 0.4) is 0 Å². The molecule has 0 saturated heterocycles. The van der Waals surface area contributed by atoms with E-state index in [0.29, 0.717) is 16.5 Å². The van der Waals surface area contributed by atoms with Crippen molar-refractivity contribution in [3.8, 4) is 17.2 Å². The first-order valence-corrected chi connectivity index (χ1v) is 13.1. The van der Waals surface area contributed by atoms with Crippen LogP contribution in [0.4, 0.5) is 5.69 Å². The van der Waals surface area contributed by atoms with Gasteiger partial charge in [0.05, 0.1) is 31.3 Å². The van der Waals surface area contributed by atoms with Crippen LogP contribution >= 0.6 is 11.6 Å². The van der Waals surface area contributed by atoms with Crippen LogP contribution in [0.1, 0.15) is 12.5 Å². The van der Waals surface area contributed by atoms with Crippen LogP contribution in [0.15, 0.2) is 71.6 Å². The van der Waals surface area contributed by atoms with Gasteiger partial charge >= 0.3 is 0 Å². The van der Waals surface area contributed by atoms with Gasteiger partial charge in [-0.05, 0) is 60.5 Å². The summed E-state index contributed by atoms with van der Waals surface area (Å²) in [5, 5.41) is 3.15. The quantitative estimate of drug-likeness (QED) is 0.349. The van der Waals surface area contributed by atoms with E-state index in [9.17, 15) is 13.2 Å². The number of halogens is 1. The fourth-order valence-electron chi connectivity index (χ4n) is 3.39. The van der Waals surface area contributed by atoms with Crippen LogP contribution in [0.2, 0.25) is 5.02 Å². The van der Waals surface area contributed by atoms with Crippen molar-refractivity contribution in [1.82, 2.24) is 5.32 Å². The number of aryl methyl sites for hydroxylation is 1. The molecule has 1 amide bonds. The molecule has 0 fully saturated rings. The number of carbonyl (C=O) groups excluding carboxylic acids is 1. The number of methoxy groups -OCH3 is 2. The van der Waals surface area contributed by atoms with Crippen molar-refractivity contribution < 1.29 is 27.4 Å². The maximum atomic E-state index is 13.6. The molecule has 0 saturated carbocycles. The molecule has 10 heteroatoms. The van der Waals surface area contributed by atoms with Gasteiger partial charge in [-0.25, -0.2) is 8.42 Å². The molecular weight excluding hydrogens is 504 g/mol. The number of carbonyl (C=O) groups is 1. The van der Waals surface area contributed by atoms with Gasteiger partial charge in [-0.2, -0.15) is 0 Å². The minimum atomic E-state index is -4.14. The fourth-order valence-corrected chi connectivity index (χ4v) is 4.96. The fraction of sp³-hybridized carbons (Fsp3) is 0.269. The van der Waals surface area contributed by atoms with E-state index >= 15 is 0 Å². The van der Waals surface area contributed by atoms with Crippen molar-refractivity contribution >= 4 is 33.2 Å². The summed E-state index contributed by atoms with van der Waals surface area (Å²) < 4.78 is 44.3. The molecule has 192 valence electrons. The monoisotopic (exact) mass is 532 g/mol. The molecule has 36 heavy (non-hydrogen) atoms. The van der Waals surface area contributed by atoms with Gasteiger partial charge in [0.1, 0.15) is 18.9 Å². The summed E-state index contributed by atoms with van der Waals surface area (Å²) in [5.74, 6) is 0.846. The van der Waals surface area contributed by atoms with Gasteiger partial charge in [-0.15, -0.1) is 0 Å². The molecule has 0 aliphatic heterocycles. The van der Waals surface area contributed by atoms with Crippen molar-refractivity contribution in [2.24, 2.45) is 0 Å². The third-order valence-electron chi connectivity index (χ3n) is 5.37. The summed E-state index contributed by atoms with van der Waals surface area (Å²) in [4.78, 5) is 12.7. The van der Waals surface area contributed by atoms with Gasteiger partial charge < -0.3 is 19.5 Å². The first-order chi connectivity index (χ1) is 17.3. The highest BCUT2D eigenvalue weighted by Gasteiger charge is 2.28. The van der Waals surface area contributed by atoms with E-state index in [-0.39, 0.29) is 29.5 Å². The van der Waals surface area contributed by atoms with Gasteiger partial charge in [0, 0.05) is 11.1 Å². The summed E-state index contributed by atoms with van der Waals surface area (Å²) in [6.07, 6.45) is 0.937. The van der Waals surface area contributed by atoms with Gasteiger partial charge in [0.15, 0.2) is 11.5 Å². The van der Waals surface area contributed by atoms with E-state index in [1.54, 1.807) is 12.1 Å². The van der Waals surface area contributed by atoms with E-state index < -0.39 is 22.5 Å². The zero-order chi connectivity index (χ0) is 26.1. The van der Waals surface area contributed by atoms with Crippen molar-refractivity contribution in [3.63, 3.8) is 0 Å². The SMILES string of the molecule is CCc1ccc(OCCNC(=O)CN(c2ccc(Cl)cc2)S(=O)(=O)c2ccc(OC)c(OC)c2)cc1. The molecule has 1 N–H and O–H groups in total. The molecule has 0 spiro atoms. The van der Waals surface area contributed by atoms with Crippen LogP contribution in [-0.4, -0.2) is 48.2 Å². The normalized spacial score (nSPS) is 11.0. The van der Waals surface area contributed by atoms with Gasteiger partial charge in [-0.1, -0.05) is 30.7 Å².